The summed E-state index contributed by atoms with van der Waals surface area (Å²) < 4.78 is 0. The molecule has 0 saturated heterocycles. The molecule has 0 saturated carbocycles. The smallest absolute Gasteiger partial charge is 0.158 e. The van der Waals surface area contributed by atoms with Crippen molar-refractivity contribution >= 4 is 5.82 Å². The Hall–Kier alpha value is -2.30. The fraction of sp³-hybridized carbons (Fsp3) is 0.0909. The van der Waals surface area contributed by atoms with Crippen LogP contribution in [0.25, 0.3) is 11.3 Å². The highest BCUT2D eigenvalue weighted by molar-refractivity contribution is 5.67. The average Bonchev–Trinajstić information content (AvgIpc) is 2.25. The lowest BCUT2D eigenvalue weighted by Crippen LogP contribution is -1.93. The molecule has 1 heterocycles. The molecule has 0 spiro atoms. The van der Waals surface area contributed by atoms with Crippen LogP contribution in [0.1, 0.15) is 5.56 Å². The summed E-state index contributed by atoms with van der Waals surface area (Å²) in [6, 6.07) is 2.92. The van der Waals surface area contributed by atoms with Crippen molar-refractivity contribution in [1.29, 1.82) is 0 Å². The first kappa shape index (κ1) is 10.2. The van der Waals surface area contributed by atoms with Crippen molar-refractivity contribution in [2.45, 2.75) is 6.92 Å². The van der Waals surface area contributed by atoms with Gasteiger partial charge >= 0.3 is 0 Å². The van der Waals surface area contributed by atoms with Gasteiger partial charge in [0.2, 0.25) is 0 Å². The molecule has 0 aliphatic rings. The molecule has 4 N–H and O–H groups in total. The van der Waals surface area contributed by atoms with Crippen molar-refractivity contribution in [3.8, 4) is 22.8 Å². The second-order valence-corrected chi connectivity index (χ2v) is 3.48. The van der Waals surface area contributed by atoms with Gasteiger partial charge in [0.1, 0.15) is 5.82 Å². The quantitative estimate of drug-likeness (QED) is 0.628. The van der Waals surface area contributed by atoms with E-state index in [1.54, 1.807) is 0 Å². The summed E-state index contributed by atoms with van der Waals surface area (Å²) in [7, 11) is 0. The first-order valence-corrected chi connectivity index (χ1v) is 4.68. The number of anilines is 1. The molecule has 1 aromatic carbocycles. The SMILES string of the molecule is Cc1cc(O)c(O)cc1-c1cnc(N)cn1. The number of nitrogen functional groups attached to an aromatic ring is 1. The van der Waals surface area contributed by atoms with Gasteiger partial charge in [-0.2, -0.15) is 0 Å². The summed E-state index contributed by atoms with van der Waals surface area (Å²) in [6.45, 7) is 1.81. The fourth-order valence-electron chi connectivity index (χ4n) is 1.43. The molecule has 1 aromatic heterocycles. The number of phenols is 2. The highest BCUT2D eigenvalue weighted by Crippen LogP contribution is 2.32. The number of hydrogen-bond donors (Lipinski definition) is 3. The summed E-state index contributed by atoms with van der Waals surface area (Å²) in [5, 5.41) is 18.7. The standard InChI is InChI=1S/C11H11N3O2/c1-6-2-9(15)10(16)3-7(6)8-4-14-11(12)5-13-8/h2-5,15-16H,1H3,(H2,12,14). The topological polar surface area (TPSA) is 92.3 Å². The molecule has 2 aromatic rings. The number of phenolic OH excluding ortho intramolecular Hbond substituents is 2. The van der Waals surface area contributed by atoms with E-state index in [9.17, 15) is 10.2 Å². The van der Waals surface area contributed by atoms with Crippen molar-refractivity contribution in [2.75, 3.05) is 5.73 Å². The highest BCUT2D eigenvalue weighted by atomic mass is 16.3. The Bertz CT molecular complexity index is 523. The molecule has 0 unspecified atom stereocenters. The van der Waals surface area contributed by atoms with Gasteiger partial charge < -0.3 is 15.9 Å². The Balaban J connectivity index is 2.56. The van der Waals surface area contributed by atoms with Crippen LogP contribution in [0.15, 0.2) is 24.5 Å². The second kappa shape index (κ2) is 3.69. The van der Waals surface area contributed by atoms with Gasteiger partial charge in [-0.3, -0.25) is 4.98 Å². The van der Waals surface area contributed by atoms with Crippen LogP contribution >= 0.6 is 0 Å². The van der Waals surface area contributed by atoms with Crippen LogP contribution in [0.4, 0.5) is 5.82 Å². The van der Waals surface area contributed by atoms with Crippen molar-refractivity contribution in [1.82, 2.24) is 9.97 Å². The molecule has 5 nitrogen and oxygen atoms in total. The predicted molar refractivity (Wildman–Crippen MR) is 59.9 cm³/mol. The zero-order chi connectivity index (χ0) is 11.7. The largest absolute Gasteiger partial charge is 0.504 e. The lowest BCUT2D eigenvalue weighted by atomic mass is 10.1. The van der Waals surface area contributed by atoms with Gasteiger partial charge in [0, 0.05) is 5.56 Å². The number of nitrogens with two attached hydrogens (primary N) is 1. The van der Waals surface area contributed by atoms with Gasteiger partial charge in [0.15, 0.2) is 11.5 Å². The zero-order valence-corrected chi connectivity index (χ0v) is 8.68. The summed E-state index contributed by atoms with van der Waals surface area (Å²) in [5.41, 5.74) is 7.54. The van der Waals surface area contributed by atoms with Crippen molar-refractivity contribution in [3.63, 3.8) is 0 Å². The van der Waals surface area contributed by atoms with Crippen LogP contribution in [-0.2, 0) is 0 Å². The van der Waals surface area contributed by atoms with Gasteiger partial charge in [-0.15, -0.1) is 0 Å². The maximum absolute atomic E-state index is 9.42. The molecule has 82 valence electrons. The highest BCUT2D eigenvalue weighted by Gasteiger charge is 2.08. The van der Waals surface area contributed by atoms with E-state index in [-0.39, 0.29) is 11.5 Å². The second-order valence-electron chi connectivity index (χ2n) is 3.48. The van der Waals surface area contributed by atoms with E-state index in [1.165, 1.54) is 24.5 Å². The Labute approximate surface area is 92.2 Å². The third kappa shape index (κ3) is 1.75. The molecular weight excluding hydrogens is 206 g/mol. The van der Waals surface area contributed by atoms with E-state index in [2.05, 4.69) is 9.97 Å². The first-order chi connectivity index (χ1) is 7.58. The first-order valence-electron chi connectivity index (χ1n) is 4.68. The molecule has 0 atom stereocenters. The number of hydrogen-bond acceptors (Lipinski definition) is 5. The normalized spacial score (nSPS) is 10.3. The van der Waals surface area contributed by atoms with Gasteiger partial charge in [-0.05, 0) is 24.6 Å². The van der Waals surface area contributed by atoms with Gasteiger partial charge in [-0.25, -0.2) is 4.98 Å². The van der Waals surface area contributed by atoms with Crippen LogP contribution in [0.3, 0.4) is 0 Å². The molecule has 0 bridgehead atoms. The average molecular weight is 217 g/mol. The maximum Gasteiger partial charge on any atom is 0.158 e. The maximum atomic E-state index is 9.42. The monoisotopic (exact) mass is 217 g/mol. The molecule has 0 radical (unpaired) electrons. The minimum absolute atomic E-state index is 0.148. The van der Waals surface area contributed by atoms with Gasteiger partial charge in [-0.1, -0.05) is 0 Å². The third-order valence-electron chi connectivity index (χ3n) is 2.27. The van der Waals surface area contributed by atoms with Gasteiger partial charge in [0.25, 0.3) is 0 Å². The molecular formula is C11H11N3O2. The van der Waals surface area contributed by atoms with Crippen molar-refractivity contribution in [3.05, 3.63) is 30.1 Å². The lowest BCUT2D eigenvalue weighted by Gasteiger charge is -2.07. The number of aromatic hydroxyl groups is 2. The van der Waals surface area contributed by atoms with Crippen LogP contribution < -0.4 is 5.73 Å². The molecule has 0 amide bonds. The lowest BCUT2D eigenvalue weighted by molar-refractivity contribution is 0.403. The third-order valence-corrected chi connectivity index (χ3v) is 2.27. The Morgan fingerprint density at radius 2 is 1.75 bits per heavy atom. The number of aromatic nitrogens is 2. The molecule has 5 heteroatoms. The molecule has 16 heavy (non-hydrogen) atoms. The van der Waals surface area contributed by atoms with E-state index < -0.39 is 0 Å². The summed E-state index contributed by atoms with van der Waals surface area (Å²) in [6.07, 6.45) is 2.97. The van der Waals surface area contributed by atoms with Crippen LogP contribution in [0, 0.1) is 6.92 Å². The minimum Gasteiger partial charge on any atom is -0.504 e. The molecule has 0 fully saturated rings. The van der Waals surface area contributed by atoms with E-state index >= 15 is 0 Å². The Morgan fingerprint density at radius 1 is 1.06 bits per heavy atom. The van der Waals surface area contributed by atoms with E-state index in [0.29, 0.717) is 17.1 Å². The number of nitrogens with zero attached hydrogens (tertiary/aromatic N) is 2. The van der Waals surface area contributed by atoms with Crippen LogP contribution in [0.5, 0.6) is 11.5 Å². The van der Waals surface area contributed by atoms with Crippen molar-refractivity contribution in [2.24, 2.45) is 0 Å². The van der Waals surface area contributed by atoms with Crippen molar-refractivity contribution < 1.29 is 10.2 Å². The van der Waals surface area contributed by atoms with E-state index in [1.807, 2.05) is 6.92 Å². The summed E-state index contributed by atoms with van der Waals surface area (Å²) in [5.74, 6) is 0.00767. The van der Waals surface area contributed by atoms with Crippen LogP contribution in [-0.4, -0.2) is 20.2 Å². The number of aryl methyl sites for hydroxylation is 1. The number of benzene rings is 1. The minimum atomic E-state index is -0.181. The Morgan fingerprint density at radius 3 is 2.38 bits per heavy atom. The zero-order valence-electron chi connectivity index (χ0n) is 8.68. The summed E-state index contributed by atoms with van der Waals surface area (Å²) in [4.78, 5) is 8.02. The van der Waals surface area contributed by atoms with E-state index in [4.69, 9.17) is 5.73 Å². The molecule has 2 rings (SSSR count). The predicted octanol–water partition coefficient (Wildman–Crippen LogP) is 1.45. The summed E-state index contributed by atoms with van der Waals surface area (Å²) >= 11 is 0. The molecule has 0 aliphatic carbocycles. The van der Waals surface area contributed by atoms with Gasteiger partial charge in [0.05, 0.1) is 18.1 Å². The molecule has 0 aliphatic heterocycles. The number of rotatable bonds is 1. The Kier molecular flexibility index (Phi) is 2.36. The fourth-order valence-corrected chi connectivity index (χ4v) is 1.43. The van der Waals surface area contributed by atoms with Crippen LogP contribution in [0.2, 0.25) is 0 Å². The van der Waals surface area contributed by atoms with E-state index in [0.717, 1.165) is 5.56 Å².